The molecule has 0 bridgehead atoms. The number of hydrogen-bond donors (Lipinski definition) is 3. The van der Waals surface area contributed by atoms with Gasteiger partial charge in [0.15, 0.2) is 11.4 Å². The third-order valence-corrected chi connectivity index (χ3v) is 3.34. The number of aromatic nitrogens is 1. The van der Waals surface area contributed by atoms with E-state index >= 15 is 0 Å². The molecule has 1 aliphatic heterocycles. The van der Waals surface area contributed by atoms with Gasteiger partial charge in [-0.2, -0.15) is 5.26 Å². The molecule has 0 spiro atoms. The van der Waals surface area contributed by atoms with E-state index in [1.807, 2.05) is 0 Å². The molecule has 1 fully saturated rings. The Morgan fingerprint density at radius 2 is 2.55 bits per heavy atom. The fraction of sp³-hybridized carbons (Fsp3) is 0.462. The lowest BCUT2D eigenvalue weighted by Gasteiger charge is -2.20. The van der Waals surface area contributed by atoms with E-state index in [2.05, 4.69) is 21.0 Å². The number of nitriles is 1. The second kappa shape index (κ2) is 5.86. The van der Waals surface area contributed by atoms with Crippen LogP contribution in [0.15, 0.2) is 22.1 Å². The average Bonchev–Trinajstić information content (AvgIpc) is 3.11. The maximum atomic E-state index is 9.44. The van der Waals surface area contributed by atoms with Gasteiger partial charge in [0.2, 0.25) is 0 Å². The Hall–Kier alpha value is -2.17. The standard InChI is InChI=1S/C13H17N5O2/c1-16-12(17-8-15)10-2-3-11(18-10)13(7-14)5-4-9(6-19)20-13/h2-3,8-9,18-19H,4-6H2,1H3,(H2,15,16,17). The highest BCUT2D eigenvalue weighted by Gasteiger charge is 2.43. The smallest absolute Gasteiger partial charge is 0.194 e. The third-order valence-electron chi connectivity index (χ3n) is 3.34. The number of aromatic amines is 1. The van der Waals surface area contributed by atoms with E-state index in [1.54, 1.807) is 19.2 Å². The van der Waals surface area contributed by atoms with Crippen LogP contribution in [0.3, 0.4) is 0 Å². The van der Waals surface area contributed by atoms with Crippen LogP contribution in [0, 0.1) is 11.3 Å². The highest BCUT2D eigenvalue weighted by atomic mass is 16.5. The van der Waals surface area contributed by atoms with Crippen LogP contribution >= 0.6 is 0 Å². The van der Waals surface area contributed by atoms with Crippen LogP contribution in [0.25, 0.3) is 0 Å². The molecular weight excluding hydrogens is 258 g/mol. The zero-order valence-corrected chi connectivity index (χ0v) is 11.2. The Morgan fingerprint density at radius 3 is 3.10 bits per heavy atom. The summed E-state index contributed by atoms with van der Waals surface area (Å²) < 4.78 is 5.67. The van der Waals surface area contributed by atoms with Crippen LogP contribution in [0.2, 0.25) is 0 Å². The first kappa shape index (κ1) is 14.2. The van der Waals surface area contributed by atoms with Gasteiger partial charge in [-0.25, -0.2) is 4.99 Å². The van der Waals surface area contributed by atoms with Gasteiger partial charge in [-0.05, 0) is 25.0 Å². The number of nitrogens with one attached hydrogen (secondary N) is 1. The van der Waals surface area contributed by atoms with Crippen LogP contribution in [0.5, 0.6) is 0 Å². The van der Waals surface area contributed by atoms with Crippen molar-refractivity contribution in [3.8, 4) is 6.07 Å². The van der Waals surface area contributed by atoms with Crippen molar-refractivity contribution in [1.29, 1.82) is 5.26 Å². The molecule has 1 aliphatic rings. The molecule has 7 nitrogen and oxygen atoms in total. The minimum absolute atomic E-state index is 0.0872. The van der Waals surface area contributed by atoms with Gasteiger partial charge in [-0.1, -0.05) is 0 Å². The first-order valence-electron chi connectivity index (χ1n) is 6.30. The normalized spacial score (nSPS) is 27.1. The molecule has 7 heteroatoms. The van der Waals surface area contributed by atoms with Crippen LogP contribution in [-0.2, 0) is 10.3 Å². The SMILES string of the molecule is CN=C(N=CN)c1ccc(C2(C#N)CCC(CO)O2)[nH]1. The molecule has 4 N–H and O–H groups in total. The van der Waals surface area contributed by atoms with Gasteiger partial charge in [0, 0.05) is 7.05 Å². The van der Waals surface area contributed by atoms with Crippen molar-refractivity contribution in [3.05, 3.63) is 23.5 Å². The molecule has 106 valence electrons. The van der Waals surface area contributed by atoms with Gasteiger partial charge in [0.25, 0.3) is 0 Å². The summed E-state index contributed by atoms with van der Waals surface area (Å²) in [4.78, 5) is 11.0. The summed E-state index contributed by atoms with van der Waals surface area (Å²) in [6.45, 7) is -0.0872. The summed E-state index contributed by atoms with van der Waals surface area (Å²) >= 11 is 0. The molecular formula is C13H17N5O2. The first-order chi connectivity index (χ1) is 9.69. The lowest BCUT2D eigenvalue weighted by Crippen LogP contribution is -2.26. The van der Waals surface area contributed by atoms with E-state index in [0.717, 1.165) is 6.34 Å². The molecule has 2 heterocycles. The van der Waals surface area contributed by atoms with Gasteiger partial charge < -0.3 is 20.6 Å². The Labute approximate surface area is 116 Å². The minimum atomic E-state index is -1.04. The third kappa shape index (κ3) is 2.43. The summed E-state index contributed by atoms with van der Waals surface area (Å²) in [5.41, 5.74) is 5.52. The topological polar surface area (TPSA) is 120 Å². The number of ether oxygens (including phenoxy) is 1. The number of amidine groups is 1. The second-order valence-corrected chi connectivity index (χ2v) is 4.51. The molecule has 2 unspecified atom stereocenters. The summed E-state index contributed by atoms with van der Waals surface area (Å²) in [5.74, 6) is 0.448. The molecule has 2 atom stereocenters. The zero-order valence-electron chi connectivity index (χ0n) is 11.2. The summed E-state index contributed by atoms with van der Waals surface area (Å²) in [7, 11) is 1.61. The number of nitrogens with zero attached hydrogens (tertiary/aromatic N) is 3. The summed E-state index contributed by atoms with van der Waals surface area (Å²) in [6, 6.07) is 5.74. The predicted octanol–water partition coefficient (Wildman–Crippen LogP) is 0.268. The molecule has 0 saturated carbocycles. The quantitative estimate of drug-likeness (QED) is 0.541. The van der Waals surface area contributed by atoms with Gasteiger partial charge in [-0.15, -0.1) is 0 Å². The fourth-order valence-electron chi connectivity index (χ4n) is 2.32. The van der Waals surface area contributed by atoms with Crippen LogP contribution in [0.1, 0.15) is 24.2 Å². The molecule has 0 aromatic carbocycles. The number of aliphatic imine (C=N–C) groups is 2. The predicted molar refractivity (Wildman–Crippen MR) is 74.4 cm³/mol. The molecule has 20 heavy (non-hydrogen) atoms. The minimum Gasteiger partial charge on any atom is -0.394 e. The van der Waals surface area contributed by atoms with Crippen molar-refractivity contribution in [2.24, 2.45) is 15.7 Å². The van der Waals surface area contributed by atoms with Crippen molar-refractivity contribution in [1.82, 2.24) is 4.98 Å². The monoisotopic (exact) mass is 275 g/mol. The van der Waals surface area contributed by atoms with Gasteiger partial charge in [0.05, 0.1) is 30.4 Å². The van der Waals surface area contributed by atoms with E-state index in [-0.39, 0.29) is 12.7 Å². The number of aliphatic hydroxyl groups excluding tert-OH is 1. The molecule has 0 radical (unpaired) electrons. The van der Waals surface area contributed by atoms with E-state index < -0.39 is 5.60 Å². The van der Waals surface area contributed by atoms with E-state index in [4.69, 9.17) is 15.6 Å². The van der Waals surface area contributed by atoms with Gasteiger partial charge in [0.1, 0.15) is 6.07 Å². The first-order valence-corrected chi connectivity index (χ1v) is 6.30. The molecule has 0 amide bonds. The number of aliphatic hydroxyl groups is 1. The van der Waals surface area contributed by atoms with Crippen molar-refractivity contribution in [3.63, 3.8) is 0 Å². The lowest BCUT2D eigenvalue weighted by molar-refractivity contribution is -0.0313. The van der Waals surface area contributed by atoms with E-state index in [1.165, 1.54) is 0 Å². The Morgan fingerprint density at radius 1 is 1.75 bits per heavy atom. The van der Waals surface area contributed by atoms with Crippen molar-refractivity contribution in [2.45, 2.75) is 24.5 Å². The van der Waals surface area contributed by atoms with Crippen molar-refractivity contribution < 1.29 is 9.84 Å². The highest BCUT2D eigenvalue weighted by molar-refractivity contribution is 6.01. The Kier molecular flexibility index (Phi) is 4.17. The maximum Gasteiger partial charge on any atom is 0.194 e. The Balaban J connectivity index is 2.30. The maximum absolute atomic E-state index is 9.44. The Bertz CT molecular complexity index is 572. The molecule has 1 saturated heterocycles. The molecule has 1 aromatic rings. The number of hydrogen-bond acceptors (Lipinski definition) is 4. The summed E-state index contributed by atoms with van der Waals surface area (Å²) in [5, 5.41) is 18.6. The number of H-pyrrole nitrogens is 1. The highest BCUT2D eigenvalue weighted by Crippen LogP contribution is 2.38. The van der Waals surface area contributed by atoms with Crippen LogP contribution in [-0.4, -0.2) is 42.0 Å². The molecule has 2 rings (SSSR count). The van der Waals surface area contributed by atoms with Crippen LogP contribution < -0.4 is 5.73 Å². The number of nitrogens with two attached hydrogens (primary N) is 1. The lowest BCUT2D eigenvalue weighted by atomic mass is 9.98. The van der Waals surface area contributed by atoms with Gasteiger partial charge in [-0.3, -0.25) is 4.99 Å². The largest absolute Gasteiger partial charge is 0.394 e. The average molecular weight is 275 g/mol. The molecule has 1 aromatic heterocycles. The van der Waals surface area contributed by atoms with Crippen LogP contribution in [0.4, 0.5) is 0 Å². The zero-order chi connectivity index (χ0) is 14.6. The fourth-order valence-corrected chi connectivity index (χ4v) is 2.32. The van der Waals surface area contributed by atoms with E-state index in [9.17, 15) is 5.26 Å². The number of rotatable bonds is 3. The summed E-state index contributed by atoms with van der Waals surface area (Å²) in [6.07, 6.45) is 2.04. The van der Waals surface area contributed by atoms with E-state index in [0.29, 0.717) is 30.1 Å². The van der Waals surface area contributed by atoms with Crippen molar-refractivity contribution in [2.75, 3.05) is 13.7 Å². The second-order valence-electron chi connectivity index (χ2n) is 4.51. The molecule has 0 aliphatic carbocycles. The van der Waals surface area contributed by atoms with Crippen molar-refractivity contribution >= 4 is 12.2 Å². The van der Waals surface area contributed by atoms with Gasteiger partial charge >= 0.3 is 0 Å².